The highest BCUT2D eigenvalue weighted by Gasteiger charge is 2.20. The average Bonchev–Trinajstić information content (AvgIpc) is 2.93. The first kappa shape index (κ1) is 11.8. The average molecular weight is 264 g/mol. The van der Waals surface area contributed by atoms with Gasteiger partial charge < -0.3 is 9.73 Å². The van der Waals surface area contributed by atoms with Crippen LogP contribution in [0, 0.1) is 6.92 Å². The van der Waals surface area contributed by atoms with Gasteiger partial charge >= 0.3 is 0 Å². The number of rotatable bonds is 6. The van der Waals surface area contributed by atoms with Gasteiger partial charge in [-0.1, -0.05) is 11.8 Å². The Kier molecular flexibility index (Phi) is 3.38. The van der Waals surface area contributed by atoms with Gasteiger partial charge in [-0.05, 0) is 31.9 Å². The van der Waals surface area contributed by atoms with Crippen LogP contribution in [0.1, 0.15) is 30.2 Å². The van der Waals surface area contributed by atoms with Crippen molar-refractivity contribution in [3.8, 4) is 0 Å². The van der Waals surface area contributed by atoms with Gasteiger partial charge in [0.25, 0.3) is 0 Å². The molecule has 0 amide bonds. The number of furan rings is 1. The Morgan fingerprint density at radius 1 is 1.44 bits per heavy atom. The summed E-state index contributed by atoms with van der Waals surface area (Å²) < 4.78 is 5.74. The summed E-state index contributed by atoms with van der Waals surface area (Å²) >= 11 is 1.58. The third-order valence-electron chi connectivity index (χ3n) is 2.78. The van der Waals surface area contributed by atoms with Crippen LogP contribution in [-0.4, -0.2) is 21.2 Å². The van der Waals surface area contributed by atoms with Crippen LogP contribution in [0.3, 0.4) is 0 Å². The summed E-state index contributed by atoms with van der Waals surface area (Å²) in [5.74, 6) is 3.57. The summed E-state index contributed by atoms with van der Waals surface area (Å²) in [6, 6.07) is 4.77. The smallest absolute Gasteiger partial charge is 0.208 e. The van der Waals surface area contributed by atoms with Crippen molar-refractivity contribution in [3.63, 3.8) is 0 Å². The van der Waals surface area contributed by atoms with E-state index in [1.165, 1.54) is 12.8 Å². The predicted molar refractivity (Wildman–Crippen MR) is 69.3 cm³/mol. The Labute approximate surface area is 110 Å². The maximum absolute atomic E-state index is 5.74. The molecule has 2 heterocycles. The molecule has 18 heavy (non-hydrogen) atoms. The van der Waals surface area contributed by atoms with Crippen LogP contribution in [-0.2, 0) is 12.3 Å². The molecule has 1 aliphatic rings. The molecule has 6 heteroatoms. The maximum Gasteiger partial charge on any atom is 0.208 e. The van der Waals surface area contributed by atoms with Gasteiger partial charge in [-0.3, -0.25) is 5.10 Å². The summed E-state index contributed by atoms with van der Waals surface area (Å²) in [5, 5.41) is 11.1. The molecule has 0 radical (unpaired) electrons. The number of aromatic amines is 1. The highest BCUT2D eigenvalue weighted by Crippen LogP contribution is 2.22. The highest BCUT2D eigenvalue weighted by atomic mass is 32.2. The van der Waals surface area contributed by atoms with Crippen LogP contribution in [0.4, 0.5) is 0 Å². The summed E-state index contributed by atoms with van der Waals surface area (Å²) in [7, 11) is 0. The van der Waals surface area contributed by atoms with Gasteiger partial charge in [0.1, 0.15) is 17.3 Å². The number of thioether (sulfide) groups is 1. The molecule has 5 nitrogen and oxygen atoms in total. The van der Waals surface area contributed by atoms with Crippen LogP contribution in [0.15, 0.2) is 21.7 Å². The normalized spacial score (nSPS) is 15.2. The van der Waals surface area contributed by atoms with Crippen molar-refractivity contribution in [3.05, 3.63) is 29.5 Å². The fourth-order valence-corrected chi connectivity index (χ4v) is 2.39. The Hall–Kier alpha value is -1.27. The third kappa shape index (κ3) is 3.14. The first-order valence-corrected chi connectivity index (χ1v) is 7.11. The number of hydrogen-bond donors (Lipinski definition) is 2. The van der Waals surface area contributed by atoms with Gasteiger partial charge in [0.05, 0.1) is 12.3 Å². The fourth-order valence-electron chi connectivity index (χ4n) is 1.65. The Morgan fingerprint density at radius 2 is 2.28 bits per heavy atom. The second-order valence-corrected chi connectivity index (χ2v) is 5.46. The van der Waals surface area contributed by atoms with Gasteiger partial charge in [-0.2, -0.15) is 0 Å². The summed E-state index contributed by atoms with van der Waals surface area (Å²) in [6.07, 6.45) is 2.60. The van der Waals surface area contributed by atoms with Gasteiger partial charge in [0, 0.05) is 6.04 Å². The largest absolute Gasteiger partial charge is 0.464 e. The van der Waals surface area contributed by atoms with E-state index < -0.39 is 0 Å². The Bertz CT molecular complexity index is 518. The van der Waals surface area contributed by atoms with E-state index in [1.807, 2.05) is 19.1 Å². The minimum Gasteiger partial charge on any atom is -0.464 e. The molecular weight excluding hydrogens is 248 g/mol. The number of H-pyrrole nitrogens is 1. The molecule has 3 rings (SSSR count). The zero-order valence-corrected chi connectivity index (χ0v) is 11.1. The number of aromatic nitrogens is 3. The molecule has 1 saturated carbocycles. The molecule has 2 N–H and O–H groups in total. The van der Waals surface area contributed by atoms with Gasteiger partial charge in [0.2, 0.25) is 5.16 Å². The lowest BCUT2D eigenvalue weighted by atomic mass is 10.4. The van der Waals surface area contributed by atoms with Gasteiger partial charge in [-0.25, -0.2) is 4.98 Å². The molecule has 96 valence electrons. The first-order valence-electron chi connectivity index (χ1n) is 6.12. The van der Waals surface area contributed by atoms with Crippen molar-refractivity contribution >= 4 is 11.8 Å². The molecule has 0 aromatic carbocycles. The van der Waals surface area contributed by atoms with E-state index in [9.17, 15) is 0 Å². The quantitative estimate of drug-likeness (QED) is 0.783. The van der Waals surface area contributed by atoms with E-state index >= 15 is 0 Å². The van der Waals surface area contributed by atoms with Crippen molar-refractivity contribution in [1.29, 1.82) is 0 Å². The second kappa shape index (κ2) is 5.16. The molecule has 2 aromatic heterocycles. The Morgan fingerprint density at radius 3 is 3.00 bits per heavy atom. The number of aryl methyl sites for hydroxylation is 1. The van der Waals surface area contributed by atoms with E-state index in [0.717, 1.165) is 34.8 Å². The van der Waals surface area contributed by atoms with Crippen molar-refractivity contribution in [1.82, 2.24) is 20.5 Å². The number of nitrogens with one attached hydrogen (secondary N) is 2. The standard InChI is InChI=1S/C12H16N4OS/c1-8-14-12(16-15-8)18-7-11-5-4-10(17-11)6-13-9-2-3-9/h4-5,9,13H,2-3,6-7H2,1H3,(H,14,15,16). The molecule has 2 aromatic rings. The monoisotopic (exact) mass is 264 g/mol. The lowest BCUT2D eigenvalue weighted by molar-refractivity contribution is 0.458. The van der Waals surface area contributed by atoms with Crippen LogP contribution in [0.25, 0.3) is 0 Å². The number of nitrogens with zero attached hydrogens (tertiary/aromatic N) is 2. The Balaban J connectivity index is 1.49. The summed E-state index contributed by atoms with van der Waals surface area (Å²) in [6.45, 7) is 2.72. The molecule has 0 bridgehead atoms. The molecule has 0 spiro atoms. The van der Waals surface area contributed by atoms with Crippen LogP contribution >= 0.6 is 11.8 Å². The molecule has 1 fully saturated rings. The first-order chi connectivity index (χ1) is 8.79. The van der Waals surface area contributed by atoms with Crippen molar-refractivity contribution in [2.24, 2.45) is 0 Å². The maximum atomic E-state index is 5.74. The molecule has 1 aliphatic carbocycles. The van der Waals surface area contributed by atoms with Crippen molar-refractivity contribution in [2.45, 2.75) is 43.3 Å². The van der Waals surface area contributed by atoms with E-state index in [-0.39, 0.29) is 0 Å². The van der Waals surface area contributed by atoms with Crippen molar-refractivity contribution < 1.29 is 4.42 Å². The summed E-state index contributed by atoms with van der Waals surface area (Å²) in [5.41, 5.74) is 0. The minimum atomic E-state index is 0.712. The lowest BCUT2D eigenvalue weighted by Gasteiger charge is -1.98. The zero-order valence-electron chi connectivity index (χ0n) is 10.3. The van der Waals surface area contributed by atoms with E-state index in [4.69, 9.17) is 4.42 Å². The summed E-state index contributed by atoms with van der Waals surface area (Å²) in [4.78, 5) is 4.24. The van der Waals surface area contributed by atoms with E-state index in [1.54, 1.807) is 11.8 Å². The second-order valence-electron chi connectivity index (χ2n) is 4.52. The number of hydrogen-bond acceptors (Lipinski definition) is 5. The van der Waals surface area contributed by atoms with E-state index in [0.29, 0.717) is 6.04 Å². The highest BCUT2D eigenvalue weighted by molar-refractivity contribution is 7.98. The minimum absolute atomic E-state index is 0.712. The molecule has 0 unspecified atom stereocenters. The van der Waals surface area contributed by atoms with Crippen LogP contribution < -0.4 is 5.32 Å². The molecular formula is C12H16N4OS. The van der Waals surface area contributed by atoms with Crippen molar-refractivity contribution in [2.75, 3.05) is 0 Å². The molecule has 0 saturated heterocycles. The third-order valence-corrected chi connectivity index (χ3v) is 3.65. The predicted octanol–water partition coefficient (Wildman–Crippen LogP) is 2.25. The molecule has 0 aliphatic heterocycles. The van der Waals surface area contributed by atoms with Crippen LogP contribution in [0.5, 0.6) is 0 Å². The van der Waals surface area contributed by atoms with Gasteiger partial charge in [0.15, 0.2) is 0 Å². The van der Waals surface area contributed by atoms with Gasteiger partial charge in [-0.15, -0.1) is 5.10 Å². The zero-order chi connectivity index (χ0) is 12.4. The fraction of sp³-hybridized carbons (Fsp3) is 0.500. The molecule has 0 atom stereocenters. The topological polar surface area (TPSA) is 66.7 Å². The van der Waals surface area contributed by atoms with Crippen LogP contribution in [0.2, 0.25) is 0 Å². The SMILES string of the molecule is Cc1nc(SCc2ccc(CNC3CC3)o2)n[nH]1. The van der Waals surface area contributed by atoms with E-state index in [2.05, 4.69) is 20.5 Å². The lowest BCUT2D eigenvalue weighted by Crippen LogP contribution is -2.14.